The molecule has 3 fully saturated rings. The van der Waals surface area contributed by atoms with Crippen molar-refractivity contribution >= 4 is 5.91 Å². The molecule has 0 spiro atoms. The fourth-order valence-corrected chi connectivity index (χ4v) is 11.6. The third kappa shape index (κ3) is 31.8. The zero-order valence-electron chi connectivity index (χ0n) is 53.0. The molecule has 3 aliphatic heterocycles. The van der Waals surface area contributed by atoms with E-state index < -0.39 is 124 Å². The summed E-state index contributed by atoms with van der Waals surface area (Å²) in [6.07, 6.45) is 30.0. The number of carbonyl (C=O) groups excluding carboxylic acids is 1. The van der Waals surface area contributed by atoms with Crippen LogP contribution in [0.4, 0.5) is 0 Å². The van der Waals surface area contributed by atoms with Crippen LogP contribution in [0.25, 0.3) is 0 Å². The molecule has 17 unspecified atom stereocenters. The maximum absolute atomic E-state index is 13.3. The lowest BCUT2D eigenvalue weighted by molar-refractivity contribution is -0.379. The summed E-state index contributed by atoms with van der Waals surface area (Å²) in [5.74, 6) is -0.293. The van der Waals surface area contributed by atoms with Gasteiger partial charge in [-0.05, 0) is 57.8 Å². The van der Waals surface area contributed by atoms with Crippen molar-refractivity contribution in [1.82, 2.24) is 5.32 Å². The van der Waals surface area contributed by atoms with E-state index in [1.807, 2.05) is 6.08 Å². The molecule has 0 aromatic carbocycles. The lowest BCUT2D eigenvalue weighted by atomic mass is 9.96. The second-order valence-electron chi connectivity index (χ2n) is 24.6. The Kier molecular flexibility index (Phi) is 45.2. The second kappa shape index (κ2) is 49.7. The van der Waals surface area contributed by atoms with E-state index in [-0.39, 0.29) is 18.9 Å². The van der Waals surface area contributed by atoms with Crippen molar-refractivity contribution in [3.05, 3.63) is 36.5 Å². The lowest BCUT2D eigenvalue weighted by Crippen LogP contribution is -2.66. The number of hydrogen-bond donors (Lipinski definition) is 12. The van der Waals surface area contributed by atoms with Gasteiger partial charge in [0.15, 0.2) is 18.9 Å². The Hall–Kier alpha value is -1.99. The highest BCUT2D eigenvalue weighted by atomic mass is 16.8. The van der Waals surface area contributed by atoms with Crippen molar-refractivity contribution in [2.45, 2.75) is 356 Å². The molecule has 3 rings (SSSR count). The van der Waals surface area contributed by atoms with E-state index >= 15 is 0 Å². The van der Waals surface area contributed by atoms with Crippen LogP contribution in [0.1, 0.15) is 251 Å². The van der Waals surface area contributed by atoms with E-state index in [1.54, 1.807) is 6.08 Å². The fourth-order valence-electron chi connectivity index (χ4n) is 11.6. The molecule has 0 aromatic heterocycles. The largest absolute Gasteiger partial charge is 0.394 e. The quantitative estimate of drug-likeness (QED) is 0.0201. The predicted octanol–water partition coefficient (Wildman–Crippen LogP) is 8.44. The maximum Gasteiger partial charge on any atom is 0.220 e. The molecule has 1 amide bonds. The summed E-state index contributed by atoms with van der Waals surface area (Å²) in [6, 6.07) is -0.993. The monoisotopic (exact) mass is 1230 g/mol. The van der Waals surface area contributed by atoms with Crippen LogP contribution in [0.2, 0.25) is 0 Å². The third-order valence-electron chi connectivity index (χ3n) is 17.2. The first-order valence-electron chi connectivity index (χ1n) is 34.2. The highest BCUT2D eigenvalue weighted by Gasteiger charge is 2.53. The molecule has 19 nitrogen and oxygen atoms in total. The highest BCUT2D eigenvalue weighted by molar-refractivity contribution is 5.76. The Labute approximate surface area is 517 Å². The molecule has 0 saturated carbocycles. The van der Waals surface area contributed by atoms with E-state index in [2.05, 4.69) is 43.5 Å². The van der Waals surface area contributed by atoms with Crippen LogP contribution in [0.15, 0.2) is 36.5 Å². The van der Waals surface area contributed by atoms with Gasteiger partial charge in [-0.2, -0.15) is 0 Å². The molecule has 0 radical (unpaired) electrons. The van der Waals surface area contributed by atoms with E-state index in [4.69, 9.17) is 28.4 Å². The number of carbonyl (C=O) groups is 1. The lowest BCUT2D eigenvalue weighted by Gasteiger charge is -2.48. The number of nitrogens with one attached hydrogen (secondary N) is 1. The van der Waals surface area contributed by atoms with Gasteiger partial charge in [-0.25, -0.2) is 0 Å². The molecule has 12 N–H and O–H groups in total. The first-order chi connectivity index (χ1) is 41.8. The first kappa shape index (κ1) is 78.3. The minimum Gasteiger partial charge on any atom is -0.394 e. The van der Waals surface area contributed by atoms with E-state index in [0.717, 1.165) is 57.8 Å². The number of ether oxygens (including phenoxy) is 6. The van der Waals surface area contributed by atoms with Gasteiger partial charge in [0.2, 0.25) is 5.91 Å². The van der Waals surface area contributed by atoms with Gasteiger partial charge in [0.05, 0.1) is 38.6 Å². The minimum absolute atomic E-state index is 0.226. The van der Waals surface area contributed by atoms with Crippen molar-refractivity contribution in [2.24, 2.45) is 0 Å². The second-order valence-corrected chi connectivity index (χ2v) is 24.6. The van der Waals surface area contributed by atoms with E-state index in [9.17, 15) is 61.0 Å². The number of allylic oxidation sites excluding steroid dienone is 5. The first-order valence-corrected chi connectivity index (χ1v) is 34.2. The number of unbranched alkanes of at least 4 members (excludes halogenated alkanes) is 32. The van der Waals surface area contributed by atoms with Gasteiger partial charge < -0.3 is 89.9 Å². The SMILES string of the molecule is CCCCCCC/C=C\CCCCCCCC(=O)NC(COC1OC(CO)C(OC2OC(CO)C(OC3OC(CO)C(O)C(O)C3O)C(O)C2O)C(O)C1O)C(O)/C=C/CC/C=C/CCCCCCCCCCCCCCCCCCCCCCC. The smallest absolute Gasteiger partial charge is 0.220 e. The predicted molar refractivity (Wildman–Crippen MR) is 333 cm³/mol. The molecule has 504 valence electrons. The molecule has 17 atom stereocenters. The summed E-state index contributed by atoms with van der Waals surface area (Å²) < 4.78 is 34.3. The molecule has 3 heterocycles. The molecule has 3 aliphatic rings. The van der Waals surface area contributed by atoms with Crippen molar-refractivity contribution in [2.75, 3.05) is 26.4 Å². The minimum atomic E-state index is -1.98. The summed E-state index contributed by atoms with van der Waals surface area (Å²) in [5, 5.41) is 120. The van der Waals surface area contributed by atoms with Gasteiger partial charge >= 0.3 is 0 Å². The topological polar surface area (TPSA) is 307 Å². The molecule has 0 aliphatic carbocycles. The van der Waals surface area contributed by atoms with Crippen LogP contribution in [-0.2, 0) is 33.2 Å². The summed E-state index contributed by atoms with van der Waals surface area (Å²) in [4.78, 5) is 13.3. The third-order valence-corrected chi connectivity index (χ3v) is 17.2. The van der Waals surface area contributed by atoms with Crippen LogP contribution in [0, 0.1) is 0 Å². The van der Waals surface area contributed by atoms with Gasteiger partial charge in [-0.15, -0.1) is 0 Å². The Morgan fingerprint density at radius 2 is 0.744 bits per heavy atom. The molecule has 3 saturated heterocycles. The molecule has 0 bridgehead atoms. The standard InChI is InChI=1S/C67H123NO18/c1-3-5-7-9-11-13-15-17-19-20-21-22-23-24-25-26-27-28-29-30-31-32-34-36-38-40-42-44-51(72)50(68-55(73)45-43-41-39-37-35-33-18-16-14-12-10-8-6-4-2)49-81-65-61(79)58(76)63(53(47-70)83-65)86-67-62(80)59(77)64(54(48-71)84-67)85-66-60(78)57(75)56(74)52(46-69)82-66/h16,18,34,36,42,44,50-54,56-67,69-72,74-80H,3-15,17,19-33,35,37-41,43,45-49H2,1-2H3,(H,68,73)/b18-16-,36-34+,44-42+. The Bertz CT molecular complexity index is 1710. The fraction of sp³-hybridized carbons (Fsp3) is 0.896. The Morgan fingerprint density at radius 3 is 1.16 bits per heavy atom. The molecule has 86 heavy (non-hydrogen) atoms. The van der Waals surface area contributed by atoms with Crippen LogP contribution in [0.5, 0.6) is 0 Å². The zero-order chi connectivity index (χ0) is 62.6. The normalized spacial score (nSPS) is 29.0. The Morgan fingerprint density at radius 1 is 0.407 bits per heavy atom. The van der Waals surface area contributed by atoms with Gasteiger partial charge in [-0.3, -0.25) is 4.79 Å². The highest BCUT2D eigenvalue weighted by Crippen LogP contribution is 2.33. The maximum atomic E-state index is 13.3. The van der Waals surface area contributed by atoms with Crippen molar-refractivity contribution in [1.29, 1.82) is 0 Å². The van der Waals surface area contributed by atoms with Gasteiger partial charge in [0.25, 0.3) is 0 Å². The average molecular weight is 1230 g/mol. The van der Waals surface area contributed by atoms with Crippen LogP contribution < -0.4 is 5.32 Å². The van der Waals surface area contributed by atoms with Gasteiger partial charge in [0.1, 0.15) is 73.2 Å². The van der Waals surface area contributed by atoms with E-state index in [0.29, 0.717) is 12.8 Å². The summed E-state index contributed by atoms with van der Waals surface area (Å²) in [6.45, 7) is 1.71. The average Bonchev–Trinajstić information content (AvgIpc) is 3.43. The summed E-state index contributed by atoms with van der Waals surface area (Å²) in [7, 11) is 0. The van der Waals surface area contributed by atoms with Gasteiger partial charge in [-0.1, -0.05) is 224 Å². The van der Waals surface area contributed by atoms with Crippen molar-refractivity contribution < 1.29 is 89.4 Å². The molecular formula is C67H123NO18. The van der Waals surface area contributed by atoms with E-state index in [1.165, 1.54) is 161 Å². The number of hydrogen-bond acceptors (Lipinski definition) is 18. The number of aliphatic hydroxyl groups excluding tert-OH is 11. The molecule has 19 heteroatoms. The molecule has 0 aromatic rings. The number of rotatable bonds is 52. The van der Waals surface area contributed by atoms with Gasteiger partial charge in [0, 0.05) is 6.42 Å². The molecular weight excluding hydrogens is 1110 g/mol. The zero-order valence-corrected chi connectivity index (χ0v) is 53.0. The summed E-state index contributed by atoms with van der Waals surface area (Å²) >= 11 is 0. The van der Waals surface area contributed by atoms with Crippen LogP contribution in [0.3, 0.4) is 0 Å². The van der Waals surface area contributed by atoms with Crippen LogP contribution in [-0.4, -0.2) is 193 Å². The summed E-state index contributed by atoms with van der Waals surface area (Å²) in [5.41, 5.74) is 0. The number of aliphatic hydroxyl groups is 11. The number of amides is 1. The van der Waals surface area contributed by atoms with Crippen molar-refractivity contribution in [3.8, 4) is 0 Å². The van der Waals surface area contributed by atoms with Crippen LogP contribution >= 0.6 is 0 Å². The van der Waals surface area contributed by atoms with Crippen molar-refractivity contribution in [3.63, 3.8) is 0 Å². The Balaban J connectivity index is 1.44.